The third-order valence-corrected chi connectivity index (χ3v) is 7.13. The van der Waals surface area contributed by atoms with Crippen molar-refractivity contribution in [2.24, 2.45) is 17.6 Å². The summed E-state index contributed by atoms with van der Waals surface area (Å²) in [6.45, 7) is 7.30. The molecule has 1 aromatic carbocycles. The highest BCUT2D eigenvalue weighted by Gasteiger charge is 2.48. The van der Waals surface area contributed by atoms with Crippen LogP contribution in [0.15, 0.2) is 18.2 Å². The van der Waals surface area contributed by atoms with E-state index in [0.29, 0.717) is 17.5 Å². The zero-order valence-electron chi connectivity index (χ0n) is 14.3. The predicted octanol–water partition coefficient (Wildman–Crippen LogP) is 3.11. The van der Waals surface area contributed by atoms with E-state index >= 15 is 0 Å². The topological polar surface area (TPSA) is 46.3 Å². The summed E-state index contributed by atoms with van der Waals surface area (Å²) in [6.07, 6.45) is 6.58. The van der Waals surface area contributed by atoms with Gasteiger partial charge in [0, 0.05) is 18.2 Å². The van der Waals surface area contributed by atoms with Gasteiger partial charge in [0.05, 0.1) is 0 Å². The number of amides is 1. The van der Waals surface area contributed by atoms with Crippen LogP contribution in [0, 0.1) is 11.8 Å². The third-order valence-electron chi connectivity index (χ3n) is 7.13. The number of carbonyl (C=O) groups is 1. The Morgan fingerprint density at radius 1 is 1.39 bits per heavy atom. The molecule has 23 heavy (non-hydrogen) atoms. The van der Waals surface area contributed by atoms with Gasteiger partial charge in [-0.3, -0.25) is 9.69 Å². The molecule has 0 radical (unpaired) electrons. The van der Waals surface area contributed by atoms with Gasteiger partial charge in [-0.15, -0.1) is 0 Å². The van der Waals surface area contributed by atoms with Crippen LogP contribution in [0.5, 0.6) is 0 Å². The minimum Gasteiger partial charge on any atom is -0.366 e. The van der Waals surface area contributed by atoms with Crippen LogP contribution >= 0.6 is 0 Å². The van der Waals surface area contributed by atoms with E-state index in [1.807, 2.05) is 6.07 Å². The quantitative estimate of drug-likeness (QED) is 0.932. The van der Waals surface area contributed by atoms with E-state index in [1.165, 1.54) is 49.9 Å². The average Bonchev–Trinajstić information content (AvgIpc) is 2.48. The van der Waals surface area contributed by atoms with Crippen LogP contribution < -0.4 is 5.73 Å². The first-order valence-corrected chi connectivity index (χ1v) is 9.16. The van der Waals surface area contributed by atoms with Gasteiger partial charge in [0.15, 0.2) is 0 Å². The number of nitrogens with zero attached hydrogens (tertiary/aromatic N) is 1. The van der Waals surface area contributed by atoms with E-state index in [4.69, 9.17) is 5.73 Å². The number of rotatable bonds is 3. The molecule has 1 aliphatic heterocycles. The monoisotopic (exact) mass is 312 g/mol. The second-order valence-electron chi connectivity index (χ2n) is 8.26. The molecule has 2 fully saturated rings. The lowest BCUT2D eigenvalue weighted by atomic mass is 9.58. The standard InChI is InChI=1S/C20H28N2O/c1-13-18-11-15-6-7-16(19(21)23)10-17(15)20(13,2)8-9-22(18)12-14-4-3-5-14/h6-7,10,13-14,18H,3-5,8-9,11-12H2,1-2H3,(H2,21,23)/t13-,18+,20?/m0/s1. The number of carbonyl (C=O) groups excluding carboxylic acids is 1. The highest BCUT2D eigenvalue weighted by Crippen LogP contribution is 2.49. The number of hydrogen-bond donors (Lipinski definition) is 1. The smallest absolute Gasteiger partial charge is 0.248 e. The van der Waals surface area contributed by atoms with Gasteiger partial charge in [0.2, 0.25) is 5.91 Å². The number of likely N-dealkylation sites (tertiary alicyclic amines) is 1. The van der Waals surface area contributed by atoms with Crippen molar-refractivity contribution < 1.29 is 4.79 Å². The summed E-state index contributed by atoms with van der Waals surface area (Å²) >= 11 is 0. The minimum absolute atomic E-state index is 0.180. The molecule has 3 atom stereocenters. The molecular formula is C20H28N2O. The van der Waals surface area contributed by atoms with Crippen LogP contribution in [0.2, 0.25) is 0 Å². The van der Waals surface area contributed by atoms with Crippen LogP contribution in [-0.2, 0) is 11.8 Å². The van der Waals surface area contributed by atoms with Crippen LogP contribution in [0.25, 0.3) is 0 Å². The minimum atomic E-state index is -0.311. The molecule has 1 saturated heterocycles. The number of fused-ring (bicyclic) bond motifs is 4. The van der Waals surface area contributed by atoms with E-state index in [2.05, 4.69) is 30.9 Å². The first-order valence-electron chi connectivity index (χ1n) is 9.16. The Hall–Kier alpha value is -1.35. The first kappa shape index (κ1) is 15.2. The van der Waals surface area contributed by atoms with Gasteiger partial charge in [-0.25, -0.2) is 0 Å². The molecule has 1 heterocycles. The van der Waals surface area contributed by atoms with E-state index in [1.54, 1.807) is 0 Å². The maximum atomic E-state index is 11.6. The van der Waals surface area contributed by atoms with Gasteiger partial charge in [-0.1, -0.05) is 26.3 Å². The highest BCUT2D eigenvalue weighted by atomic mass is 16.1. The molecule has 1 unspecified atom stereocenters. The van der Waals surface area contributed by atoms with Crippen molar-refractivity contribution in [3.8, 4) is 0 Å². The largest absolute Gasteiger partial charge is 0.366 e. The lowest BCUT2D eigenvalue weighted by molar-refractivity contribution is 0.0123. The Morgan fingerprint density at radius 3 is 2.83 bits per heavy atom. The van der Waals surface area contributed by atoms with Gasteiger partial charge in [0.1, 0.15) is 0 Å². The van der Waals surface area contributed by atoms with Crippen molar-refractivity contribution in [3.05, 3.63) is 34.9 Å². The molecule has 3 aliphatic rings. The van der Waals surface area contributed by atoms with Crippen LogP contribution in [0.1, 0.15) is 61.0 Å². The summed E-state index contributed by atoms with van der Waals surface area (Å²) < 4.78 is 0. The highest BCUT2D eigenvalue weighted by molar-refractivity contribution is 5.93. The number of primary amides is 1. The third kappa shape index (κ3) is 2.32. The molecule has 2 bridgehead atoms. The molecule has 2 N–H and O–H groups in total. The molecule has 124 valence electrons. The summed E-state index contributed by atoms with van der Waals surface area (Å²) in [5.74, 6) is 1.26. The second kappa shape index (κ2) is 5.34. The van der Waals surface area contributed by atoms with Gasteiger partial charge in [-0.2, -0.15) is 0 Å². The maximum Gasteiger partial charge on any atom is 0.248 e. The molecule has 0 spiro atoms. The lowest BCUT2D eigenvalue weighted by Crippen LogP contribution is -2.59. The Labute approximate surface area is 139 Å². The summed E-state index contributed by atoms with van der Waals surface area (Å²) in [6, 6.07) is 6.79. The summed E-state index contributed by atoms with van der Waals surface area (Å²) in [5, 5.41) is 0. The fourth-order valence-corrected chi connectivity index (χ4v) is 5.09. The lowest BCUT2D eigenvalue weighted by Gasteiger charge is -2.55. The Bertz CT molecular complexity index is 637. The zero-order valence-corrected chi connectivity index (χ0v) is 14.3. The van der Waals surface area contributed by atoms with E-state index < -0.39 is 0 Å². The van der Waals surface area contributed by atoms with Crippen molar-refractivity contribution in [1.29, 1.82) is 0 Å². The summed E-state index contributed by atoms with van der Waals surface area (Å²) in [5.41, 5.74) is 9.15. The number of piperidine rings is 1. The Kier molecular flexibility index (Phi) is 3.53. The zero-order chi connectivity index (χ0) is 16.2. The van der Waals surface area contributed by atoms with Crippen molar-refractivity contribution in [2.45, 2.75) is 57.4 Å². The van der Waals surface area contributed by atoms with Crippen molar-refractivity contribution >= 4 is 5.91 Å². The van der Waals surface area contributed by atoms with Crippen LogP contribution in [0.4, 0.5) is 0 Å². The summed E-state index contributed by atoms with van der Waals surface area (Å²) in [7, 11) is 0. The number of nitrogens with two attached hydrogens (primary N) is 1. The van der Waals surface area contributed by atoms with Gasteiger partial charge >= 0.3 is 0 Å². The summed E-state index contributed by atoms with van der Waals surface area (Å²) in [4.78, 5) is 14.3. The molecule has 1 amide bonds. The average molecular weight is 312 g/mol. The molecule has 0 aromatic heterocycles. The van der Waals surface area contributed by atoms with Crippen LogP contribution in [-0.4, -0.2) is 29.9 Å². The Balaban J connectivity index is 1.67. The predicted molar refractivity (Wildman–Crippen MR) is 92.5 cm³/mol. The first-order chi connectivity index (χ1) is 11.0. The van der Waals surface area contributed by atoms with E-state index in [9.17, 15) is 4.79 Å². The fourth-order valence-electron chi connectivity index (χ4n) is 5.09. The number of hydrogen-bond acceptors (Lipinski definition) is 2. The molecular weight excluding hydrogens is 284 g/mol. The molecule has 2 aliphatic carbocycles. The van der Waals surface area contributed by atoms with E-state index in [-0.39, 0.29) is 11.3 Å². The van der Waals surface area contributed by atoms with Gasteiger partial charge < -0.3 is 5.73 Å². The molecule has 1 saturated carbocycles. The van der Waals surface area contributed by atoms with Crippen LogP contribution in [0.3, 0.4) is 0 Å². The number of benzene rings is 1. The SMILES string of the molecule is C[C@H]1[C@H]2Cc3ccc(C(N)=O)cc3C1(C)CCN2CC1CCC1. The molecule has 1 aromatic rings. The second-order valence-corrected chi connectivity index (χ2v) is 8.26. The van der Waals surface area contributed by atoms with Gasteiger partial charge in [0.25, 0.3) is 0 Å². The Morgan fingerprint density at radius 2 is 2.17 bits per heavy atom. The molecule has 3 nitrogen and oxygen atoms in total. The van der Waals surface area contributed by atoms with E-state index in [0.717, 1.165) is 12.3 Å². The van der Waals surface area contributed by atoms with Crippen molar-refractivity contribution in [2.75, 3.05) is 13.1 Å². The van der Waals surface area contributed by atoms with Crippen molar-refractivity contribution in [1.82, 2.24) is 4.90 Å². The maximum absolute atomic E-state index is 11.6. The van der Waals surface area contributed by atoms with Crippen molar-refractivity contribution in [3.63, 3.8) is 0 Å². The molecule has 3 heteroatoms. The van der Waals surface area contributed by atoms with Gasteiger partial charge in [-0.05, 0) is 72.7 Å². The molecule has 4 rings (SSSR count). The normalized spacial score (nSPS) is 33.8. The fraction of sp³-hybridized carbons (Fsp3) is 0.650.